The minimum Gasteiger partial charge on any atom is -0.495 e. The standard InChI is InChI=1S/C14H18ClNO5S/c1-4-21-14(17)11(15)9-16-12-8-10(22(18,19)5-2)6-7-13(12)20-3/h6-9,16H,4-5H2,1-3H3/b11-9-. The molecule has 0 atom stereocenters. The molecule has 1 aromatic rings. The lowest BCUT2D eigenvalue weighted by molar-refractivity contribution is -0.137. The zero-order chi connectivity index (χ0) is 16.8. The Hall–Kier alpha value is -1.73. The molecule has 8 heteroatoms. The summed E-state index contributed by atoms with van der Waals surface area (Å²) in [6, 6.07) is 4.40. The van der Waals surface area contributed by atoms with Crippen LogP contribution in [0.1, 0.15) is 13.8 Å². The van der Waals surface area contributed by atoms with E-state index in [2.05, 4.69) is 5.32 Å². The molecule has 0 aliphatic heterocycles. The highest BCUT2D eigenvalue weighted by atomic mass is 35.5. The Balaban J connectivity index is 3.10. The van der Waals surface area contributed by atoms with Crippen molar-refractivity contribution < 1.29 is 22.7 Å². The molecule has 0 saturated carbocycles. The molecule has 1 N–H and O–H groups in total. The highest BCUT2D eigenvalue weighted by Gasteiger charge is 2.15. The van der Waals surface area contributed by atoms with Crippen LogP contribution in [0.2, 0.25) is 0 Å². The van der Waals surface area contributed by atoms with Gasteiger partial charge in [0.15, 0.2) is 9.84 Å². The van der Waals surface area contributed by atoms with Gasteiger partial charge in [-0.05, 0) is 25.1 Å². The summed E-state index contributed by atoms with van der Waals surface area (Å²) in [6.07, 6.45) is 1.22. The average molecular weight is 348 g/mol. The van der Waals surface area contributed by atoms with E-state index in [-0.39, 0.29) is 22.3 Å². The van der Waals surface area contributed by atoms with Gasteiger partial charge in [-0.15, -0.1) is 0 Å². The predicted octanol–water partition coefficient (Wildman–Crippen LogP) is 2.54. The highest BCUT2D eigenvalue weighted by molar-refractivity contribution is 7.91. The number of carbonyl (C=O) groups is 1. The van der Waals surface area contributed by atoms with Crippen LogP contribution in [-0.4, -0.2) is 33.9 Å². The number of esters is 1. The number of halogens is 1. The summed E-state index contributed by atoms with van der Waals surface area (Å²) < 4.78 is 33.7. The van der Waals surface area contributed by atoms with E-state index in [0.717, 1.165) is 0 Å². The third kappa shape index (κ3) is 4.64. The molecular weight excluding hydrogens is 330 g/mol. The summed E-state index contributed by atoms with van der Waals surface area (Å²) in [5.74, 6) is -0.273. The fraction of sp³-hybridized carbons (Fsp3) is 0.357. The van der Waals surface area contributed by atoms with E-state index in [4.69, 9.17) is 21.1 Å². The normalized spacial score (nSPS) is 11.9. The lowest BCUT2D eigenvalue weighted by Gasteiger charge is -2.11. The van der Waals surface area contributed by atoms with E-state index in [1.165, 1.54) is 31.5 Å². The number of anilines is 1. The van der Waals surface area contributed by atoms with Crippen LogP contribution in [0.3, 0.4) is 0 Å². The monoisotopic (exact) mass is 347 g/mol. The van der Waals surface area contributed by atoms with Crippen LogP contribution in [0.5, 0.6) is 5.75 Å². The highest BCUT2D eigenvalue weighted by Crippen LogP contribution is 2.28. The van der Waals surface area contributed by atoms with Crippen molar-refractivity contribution in [2.45, 2.75) is 18.7 Å². The maximum atomic E-state index is 11.9. The lowest BCUT2D eigenvalue weighted by Crippen LogP contribution is -2.07. The number of sulfone groups is 1. The molecule has 0 unspecified atom stereocenters. The summed E-state index contributed by atoms with van der Waals surface area (Å²) in [6.45, 7) is 3.43. The number of rotatable bonds is 7. The lowest BCUT2D eigenvalue weighted by atomic mass is 10.3. The second kappa shape index (κ2) is 8.05. The maximum Gasteiger partial charge on any atom is 0.351 e. The van der Waals surface area contributed by atoms with Crippen LogP contribution in [0, 0.1) is 0 Å². The Morgan fingerprint density at radius 2 is 2.05 bits per heavy atom. The van der Waals surface area contributed by atoms with E-state index in [0.29, 0.717) is 11.4 Å². The van der Waals surface area contributed by atoms with Gasteiger partial charge in [0.1, 0.15) is 10.8 Å². The van der Waals surface area contributed by atoms with E-state index in [9.17, 15) is 13.2 Å². The van der Waals surface area contributed by atoms with Crippen molar-refractivity contribution in [1.29, 1.82) is 0 Å². The summed E-state index contributed by atoms with van der Waals surface area (Å²) in [7, 11) is -1.90. The molecule has 0 aromatic heterocycles. The van der Waals surface area contributed by atoms with Crippen LogP contribution in [0.25, 0.3) is 0 Å². The molecule has 0 aliphatic rings. The third-order valence-electron chi connectivity index (χ3n) is 2.73. The molecule has 1 aromatic carbocycles. The van der Waals surface area contributed by atoms with Gasteiger partial charge in [-0.2, -0.15) is 0 Å². The molecule has 0 radical (unpaired) electrons. The van der Waals surface area contributed by atoms with Crippen molar-refractivity contribution in [3.63, 3.8) is 0 Å². The topological polar surface area (TPSA) is 81.7 Å². The average Bonchev–Trinajstić information content (AvgIpc) is 2.52. The molecular formula is C14H18ClNO5S. The van der Waals surface area contributed by atoms with Crippen LogP contribution >= 0.6 is 11.6 Å². The number of carbonyl (C=O) groups excluding carboxylic acids is 1. The molecule has 0 spiro atoms. The molecule has 0 fully saturated rings. The van der Waals surface area contributed by atoms with Gasteiger partial charge < -0.3 is 14.8 Å². The number of benzene rings is 1. The first-order chi connectivity index (χ1) is 10.4. The largest absolute Gasteiger partial charge is 0.495 e. The third-order valence-corrected chi connectivity index (χ3v) is 4.73. The Morgan fingerprint density at radius 3 is 2.59 bits per heavy atom. The first kappa shape index (κ1) is 18.3. The Labute approximate surface area is 135 Å². The smallest absolute Gasteiger partial charge is 0.351 e. The molecule has 0 saturated heterocycles. The number of nitrogens with one attached hydrogen (secondary N) is 1. The second-order valence-corrected chi connectivity index (χ2v) is 6.81. The van der Waals surface area contributed by atoms with Gasteiger partial charge in [0.05, 0.1) is 30.1 Å². The molecule has 22 heavy (non-hydrogen) atoms. The van der Waals surface area contributed by atoms with Crippen LogP contribution in [-0.2, 0) is 19.4 Å². The van der Waals surface area contributed by atoms with Gasteiger partial charge in [-0.1, -0.05) is 18.5 Å². The molecule has 6 nitrogen and oxygen atoms in total. The number of ether oxygens (including phenoxy) is 2. The Kier molecular flexibility index (Phi) is 6.70. The van der Waals surface area contributed by atoms with Crippen molar-refractivity contribution in [1.82, 2.24) is 0 Å². The van der Waals surface area contributed by atoms with Crippen LogP contribution in [0.4, 0.5) is 5.69 Å². The van der Waals surface area contributed by atoms with E-state index in [1.807, 2.05) is 0 Å². The fourth-order valence-corrected chi connectivity index (χ4v) is 2.58. The van der Waals surface area contributed by atoms with Gasteiger partial charge in [-0.25, -0.2) is 13.2 Å². The van der Waals surface area contributed by atoms with Gasteiger partial charge in [0.25, 0.3) is 0 Å². The first-order valence-corrected chi connectivity index (χ1v) is 8.58. The van der Waals surface area contributed by atoms with Crippen LogP contribution < -0.4 is 10.1 Å². The van der Waals surface area contributed by atoms with Gasteiger partial charge in [0.2, 0.25) is 0 Å². The van der Waals surface area contributed by atoms with Gasteiger partial charge in [0, 0.05) is 6.20 Å². The molecule has 0 aliphatic carbocycles. The second-order valence-electron chi connectivity index (χ2n) is 4.12. The van der Waals surface area contributed by atoms with Crippen molar-refractivity contribution in [3.05, 3.63) is 29.4 Å². The molecule has 0 heterocycles. The summed E-state index contributed by atoms with van der Waals surface area (Å²) in [5, 5.41) is 2.60. The van der Waals surface area contributed by atoms with E-state index < -0.39 is 15.8 Å². The van der Waals surface area contributed by atoms with Gasteiger partial charge >= 0.3 is 5.97 Å². The Bertz CT molecular complexity index is 670. The summed E-state index contributed by atoms with van der Waals surface area (Å²) in [4.78, 5) is 11.6. The first-order valence-electron chi connectivity index (χ1n) is 6.55. The minimum atomic E-state index is -3.35. The van der Waals surface area contributed by atoms with Gasteiger partial charge in [-0.3, -0.25) is 0 Å². The summed E-state index contributed by atoms with van der Waals surface area (Å²) in [5.41, 5.74) is 0.375. The Morgan fingerprint density at radius 1 is 1.36 bits per heavy atom. The zero-order valence-electron chi connectivity index (χ0n) is 12.6. The van der Waals surface area contributed by atoms with Crippen molar-refractivity contribution in [2.75, 3.05) is 24.8 Å². The molecule has 1 rings (SSSR count). The molecule has 122 valence electrons. The van der Waals surface area contributed by atoms with Crippen LogP contribution in [0.15, 0.2) is 34.3 Å². The van der Waals surface area contributed by atoms with E-state index >= 15 is 0 Å². The van der Waals surface area contributed by atoms with Crippen molar-refractivity contribution >= 4 is 33.1 Å². The fourth-order valence-electron chi connectivity index (χ4n) is 1.56. The number of methoxy groups -OCH3 is 1. The zero-order valence-corrected chi connectivity index (χ0v) is 14.1. The quantitative estimate of drug-likeness (QED) is 0.603. The SMILES string of the molecule is CCOC(=O)/C(Cl)=C/Nc1cc(S(=O)(=O)CC)ccc1OC. The summed E-state index contributed by atoms with van der Waals surface area (Å²) >= 11 is 5.78. The number of hydrogen-bond acceptors (Lipinski definition) is 6. The van der Waals surface area contributed by atoms with Crippen molar-refractivity contribution in [3.8, 4) is 5.75 Å². The predicted molar refractivity (Wildman–Crippen MR) is 84.9 cm³/mol. The van der Waals surface area contributed by atoms with E-state index in [1.54, 1.807) is 13.8 Å². The van der Waals surface area contributed by atoms with Crippen molar-refractivity contribution in [2.24, 2.45) is 0 Å². The maximum absolute atomic E-state index is 11.9. The molecule has 0 bridgehead atoms. The molecule has 0 amide bonds. The number of hydrogen-bond donors (Lipinski definition) is 1. The minimum absolute atomic E-state index is 0.0157.